The lowest BCUT2D eigenvalue weighted by molar-refractivity contribution is 0.0953. The van der Waals surface area contributed by atoms with E-state index in [0.717, 1.165) is 16.9 Å². The van der Waals surface area contributed by atoms with E-state index in [0.29, 0.717) is 13.0 Å². The van der Waals surface area contributed by atoms with Crippen molar-refractivity contribution in [1.29, 1.82) is 0 Å². The molecule has 0 spiro atoms. The number of nitrogen functional groups attached to an aromatic ring is 1. The SMILES string of the molecule is Nc1nnc(C(=O)NCCc2cccc(F)c2)s1. The summed E-state index contributed by atoms with van der Waals surface area (Å²) in [6.45, 7) is 0.405. The largest absolute Gasteiger partial charge is 0.374 e. The van der Waals surface area contributed by atoms with Crippen LogP contribution in [0.3, 0.4) is 0 Å². The minimum Gasteiger partial charge on any atom is -0.374 e. The molecule has 0 aliphatic rings. The molecule has 0 aliphatic heterocycles. The number of carbonyl (C=O) groups is 1. The van der Waals surface area contributed by atoms with E-state index in [1.807, 2.05) is 0 Å². The molecular weight excluding hydrogens is 255 g/mol. The van der Waals surface area contributed by atoms with Crippen LogP contribution in [0.1, 0.15) is 15.4 Å². The molecule has 94 valence electrons. The molecule has 1 amide bonds. The summed E-state index contributed by atoms with van der Waals surface area (Å²) in [5.41, 5.74) is 6.20. The fraction of sp³-hybridized carbons (Fsp3) is 0.182. The van der Waals surface area contributed by atoms with Crippen LogP contribution in [-0.2, 0) is 6.42 Å². The van der Waals surface area contributed by atoms with Crippen LogP contribution in [0, 0.1) is 5.82 Å². The van der Waals surface area contributed by atoms with Crippen LogP contribution in [0.4, 0.5) is 9.52 Å². The van der Waals surface area contributed by atoms with E-state index in [4.69, 9.17) is 5.73 Å². The number of hydrogen-bond donors (Lipinski definition) is 2. The van der Waals surface area contributed by atoms with Gasteiger partial charge in [0.25, 0.3) is 5.91 Å². The first-order chi connectivity index (χ1) is 8.65. The van der Waals surface area contributed by atoms with Gasteiger partial charge in [0.15, 0.2) is 0 Å². The van der Waals surface area contributed by atoms with Gasteiger partial charge in [0.2, 0.25) is 10.1 Å². The highest BCUT2D eigenvalue weighted by Gasteiger charge is 2.10. The van der Waals surface area contributed by atoms with Crippen LogP contribution in [-0.4, -0.2) is 22.6 Å². The molecule has 0 fully saturated rings. The summed E-state index contributed by atoms with van der Waals surface area (Å²) < 4.78 is 12.9. The molecule has 0 saturated heterocycles. The van der Waals surface area contributed by atoms with E-state index in [2.05, 4.69) is 15.5 Å². The van der Waals surface area contributed by atoms with Gasteiger partial charge in [0.1, 0.15) is 5.82 Å². The average molecular weight is 266 g/mol. The zero-order chi connectivity index (χ0) is 13.0. The van der Waals surface area contributed by atoms with Crippen molar-refractivity contribution < 1.29 is 9.18 Å². The first-order valence-corrected chi connectivity index (χ1v) is 6.08. The summed E-state index contributed by atoms with van der Waals surface area (Å²) in [4.78, 5) is 11.6. The number of hydrogen-bond acceptors (Lipinski definition) is 5. The first-order valence-electron chi connectivity index (χ1n) is 5.27. The Labute approximate surface area is 107 Å². The molecule has 0 bridgehead atoms. The molecule has 2 rings (SSSR count). The van der Waals surface area contributed by atoms with E-state index in [1.165, 1.54) is 12.1 Å². The third-order valence-electron chi connectivity index (χ3n) is 2.22. The van der Waals surface area contributed by atoms with Crippen molar-refractivity contribution in [3.63, 3.8) is 0 Å². The molecule has 0 saturated carbocycles. The van der Waals surface area contributed by atoms with Crippen LogP contribution in [0.15, 0.2) is 24.3 Å². The number of nitrogens with two attached hydrogens (primary N) is 1. The second-order valence-corrected chi connectivity index (χ2v) is 4.59. The molecule has 3 N–H and O–H groups in total. The second-order valence-electron chi connectivity index (χ2n) is 3.58. The molecule has 0 unspecified atom stereocenters. The molecule has 1 aromatic heterocycles. The maximum absolute atomic E-state index is 12.9. The number of aromatic nitrogens is 2. The molecular formula is C11H11FN4OS. The third kappa shape index (κ3) is 3.24. The normalized spacial score (nSPS) is 10.3. The van der Waals surface area contributed by atoms with E-state index in [-0.39, 0.29) is 21.9 Å². The molecule has 0 aliphatic carbocycles. The van der Waals surface area contributed by atoms with Gasteiger partial charge in [-0.05, 0) is 24.1 Å². The molecule has 5 nitrogen and oxygen atoms in total. The Bertz CT molecular complexity index is 557. The predicted octanol–water partition coefficient (Wildman–Crippen LogP) is 1.23. The van der Waals surface area contributed by atoms with Crippen molar-refractivity contribution in [3.05, 3.63) is 40.7 Å². The molecule has 7 heteroatoms. The van der Waals surface area contributed by atoms with Crippen LogP contribution < -0.4 is 11.1 Å². The van der Waals surface area contributed by atoms with Crippen LogP contribution in [0.25, 0.3) is 0 Å². The first kappa shape index (κ1) is 12.4. The summed E-state index contributed by atoms with van der Waals surface area (Å²) in [5, 5.41) is 10.3. The van der Waals surface area contributed by atoms with Crippen molar-refractivity contribution in [2.24, 2.45) is 0 Å². The summed E-state index contributed by atoms with van der Waals surface area (Å²) in [5.74, 6) is -0.601. The van der Waals surface area contributed by atoms with Crippen molar-refractivity contribution >= 4 is 22.4 Å². The number of benzene rings is 1. The molecule has 1 heterocycles. The highest BCUT2D eigenvalue weighted by molar-refractivity contribution is 7.16. The Balaban J connectivity index is 1.84. The van der Waals surface area contributed by atoms with Crippen LogP contribution >= 0.6 is 11.3 Å². The van der Waals surface area contributed by atoms with Gasteiger partial charge in [0, 0.05) is 6.54 Å². The zero-order valence-corrected chi connectivity index (χ0v) is 10.2. The minimum absolute atomic E-state index is 0.228. The Kier molecular flexibility index (Phi) is 3.83. The Morgan fingerprint density at radius 2 is 2.28 bits per heavy atom. The standard InChI is InChI=1S/C11H11FN4OS/c12-8-3-1-2-7(6-8)4-5-14-9(17)10-15-16-11(13)18-10/h1-3,6H,4-5H2,(H2,13,16)(H,14,17). The lowest BCUT2D eigenvalue weighted by atomic mass is 10.1. The van der Waals surface area contributed by atoms with Gasteiger partial charge >= 0.3 is 0 Å². The summed E-state index contributed by atoms with van der Waals surface area (Å²) in [6.07, 6.45) is 0.553. The highest BCUT2D eigenvalue weighted by atomic mass is 32.1. The van der Waals surface area contributed by atoms with Gasteiger partial charge in [0.05, 0.1) is 0 Å². The minimum atomic E-state index is -0.319. The fourth-order valence-corrected chi connectivity index (χ4v) is 1.94. The molecule has 0 radical (unpaired) electrons. The number of rotatable bonds is 4. The smallest absolute Gasteiger partial charge is 0.282 e. The zero-order valence-electron chi connectivity index (χ0n) is 9.39. The van der Waals surface area contributed by atoms with Crippen LogP contribution in [0.2, 0.25) is 0 Å². The number of nitrogens with zero attached hydrogens (tertiary/aromatic N) is 2. The average Bonchev–Trinajstić information content (AvgIpc) is 2.76. The summed E-state index contributed by atoms with van der Waals surface area (Å²) in [7, 11) is 0. The lowest BCUT2D eigenvalue weighted by Crippen LogP contribution is -2.25. The molecule has 0 atom stereocenters. The number of nitrogens with one attached hydrogen (secondary N) is 1. The Hall–Kier alpha value is -2.02. The quantitative estimate of drug-likeness (QED) is 0.872. The number of amides is 1. The van der Waals surface area contributed by atoms with E-state index < -0.39 is 0 Å². The monoisotopic (exact) mass is 266 g/mol. The molecule has 2 aromatic rings. The highest BCUT2D eigenvalue weighted by Crippen LogP contribution is 2.10. The number of carbonyl (C=O) groups excluding carboxylic acids is 1. The van der Waals surface area contributed by atoms with Crippen LogP contribution in [0.5, 0.6) is 0 Å². The summed E-state index contributed by atoms with van der Waals surface area (Å²) >= 11 is 1.03. The summed E-state index contributed by atoms with van der Waals surface area (Å²) in [6, 6.07) is 6.26. The topological polar surface area (TPSA) is 80.9 Å². The Morgan fingerprint density at radius 1 is 1.44 bits per heavy atom. The van der Waals surface area contributed by atoms with Gasteiger partial charge in [-0.2, -0.15) is 0 Å². The second kappa shape index (κ2) is 5.54. The van der Waals surface area contributed by atoms with Gasteiger partial charge in [-0.3, -0.25) is 4.79 Å². The van der Waals surface area contributed by atoms with Crippen molar-refractivity contribution in [1.82, 2.24) is 15.5 Å². The van der Waals surface area contributed by atoms with Crippen molar-refractivity contribution in [2.45, 2.75) is 6.42 Å². The van der Waals surface area contributed by atoms with Crippen molar-refractivity contribution in [3.8, 4) is 0 Å². The van der Waals surface area contributed by atoms with E-state index in [1.54, 1.807) is 12.1 Å². The molecule has 1 aromatic carbocycles. The third-order valence-corrected chi connectivity index (χ3v) is 2.97. The van der Waals surface area contributed by atoms with Gasteiger partial charge in [-0.25, -0.2) is 4.39 Å². The van der Waals surface area contributed by atoms with Gasteiger partial charge in [-0.15, -0.1) is 10.2 Å². The molecule has 18 heavy (non-hydrogen) atoms. The maximum atomic E-state index is 12.9. The van der Waals surface area contributed by atoms with Gasteiger partial charge in [-0.1, -0.05) is 23.5 Å². The fourth-order valence-electron chi connectivity index (χ4n) is 1.41. The Morgan fingerprint density at radius 3 is 2.94 bits per heavy atom. The van der Waals surface area contributed by atoms with E-state index in [9.17, 15) is 9.18 Å². The lowest BCUT2D eigenvalue weighted by Gasteiger charge is -2.03. The predicted molar refractivity (Wildman–Crippen MR) is 66.8 cm³/mol. The van der Waals surface area contributed by atoms with Crippen molar-refractivity contribution in [2.75, 3.05) is 12.3 Å². The number of halogens is 1. The van der Waals surface area contributed by atoms with Gasteiger partial charge < -0.3 is 11.1 Å². The number of anilines is 1. The maximum Gasteiger partial charge on any atom is 0.282 e. The van der Waals surface area contributed by atoms with E-state index >= 15 is 0 Å².